The molecule has 5 nitrogen and oxygen atoms in total. The van der Waals surface area contributed by atoms with Crippen LogP contribution in [0.15, 0.2) is 66.9 Å². The zero-order chi connectivity index (χ0) is 21.1. The summed E-state index contributed by atoms with van der Waals surface area (Å²) >= 11 is 0. The molecule has 0 radical (unpaired) electrons. The van der Waals surface area contributed by atoms with Crippen LogP contribution in [0.1, 0.15) is 11.1 Å². The Balaban J connectivity index is 1.56. The molecule has 0 aliphatic heterocycles. The number of fused-ring (bicyclic) bond motifs is 2. The number of likely N-dealkylation sites (N-methyl/N-ethyl adjacent to an activating group) is 1. The maximum atomic E-state index is 12.9. The predicted molar refractivity (Wildman–Crippen MR) is 126 cm³/mol. The minimum Gasteiger partial charge on any atom is -0.361 e. The molecular weight excluding hydrogens is 394 g/mol. The Kier molecular flexibility index (Phi) is 5.79. The maximum absolute atomic E-state index is 12.9. The number of aromatic nitrogens is 1. The number of benzene rings is 3. The van der Waals surface area contributed by atoms with Crippen LogP contribution in [0.3, 0.4) is 0 Å². The van der Waals surface area contributed by atoms with Crippen LogP contribution >= 0.6 is 0 Å². The van der Waals surface area contributed by atoms with Crippen molar-refractivity contribution in [2.45, 2.75) is 12.8 Å². The Morgan fingerprint density at radius 1 is 0.900 bits per heavy atom. The van der Waals surface area contributed by atoms with Crippen molar-refractivity contribution < 1.29 is 8.42 Å². The molecular formula is C24H27N3O2S. The lowest BCUT2D eigenvalue weighted by Gasteiger charge is -2.13. The molecule has 0 saturated heterocycles. The molecule has 0 bridgehead atoms. The van der Waals surface area contributed by atoms with Crippen LogP contribution in [-0.2, 0) is 22.9 Å². The quantitative estimate of drug-likeness (QED) is 0.443. The van der Waals surface area contributed by atoms with Crippen molar-refractivity contribution in [2.75, 3.05) is 31.1 Å². The molecule has 0 spiro atoms. The molecule has 0 atom stereocenters. The molecule has 0 aliphatic carbocycles. The number of aryl methyl sites for hydroxylation is 1. The molecule has 3 aromatic carbocycles. The second-order valence-corrected chi connectivity index (χ2v) is 9.75. The van der Waals surface area contributed by atoms with E-state index in [0.717, 1.165) is 45.8 Å². The van der Waals surface area contributed by atoms with Crippen LogP contribution in [0.5, 0.6) is 0 Å². The third kappa shape index (κ3) is 4.50. The third-order valence-corrected chi connectivity index (χ3v) is 6.67. The summed E-state index contributed by atoms with van der Waals surface area (Å²) in [5.41, 5.74) is 3.74. The molecule has 6 heteroatoms. The highest BCUT2D eigenvalue weighted by molar-refractivity contribution is 7.92. The van der Waals surface area contributed by atoms with E-state index in [1.807, 2.05) is 81.0 Å². The van der Waals surface area contributed by atoms with Gasteiger partial charge in [-0.05, 0) is 61.0 Å². The number of nitrogens with zero attached hydrogens (tertiary/aromatic N) is 1. The van der Waals surface area contributed by atoms with Crippen molar-refractivity contribution >= 4 is 37.4 Å². The van der Waals surface area contributed by atoms with E-state index in [9.17, 15) is 8.42 Å². The maximum Gasteiger partial charge on any atom is 0.233 e. The molecule has 30 heavy (non-hydrogen) atoms. The average Bonchev–Trinajstić information content (AvgIpc) is 3.15. The fourth-order valence-corrected chi connectivity index (χ4v) is 4.95. The van der Waals surface area contributed by atoms with Gasteiger partial charge in [0, 0.05) is 23.6 Å². The van der Waals surface area contributed by atoms with Gasteiger partial charge in [-0.1, -0.05) is 48.5 Å². The highest BCUT2D eigenvalue weighted by atomic mass is 32.2. The van der Waals surface area contributed by atoms with E-state index in [1.54, 1.807) is 0 Å². The first-order chi connectivity index (χ1) is 14.4. The molecule has 1 heterocycles. The van der Waals surface area contributed by atoms with Gasteiger partial charge in [0.05, 0.1) is 11.4 Å². The van der Waals surface area contributed by atoms with E-state index in [1.165, 1.54) is 0 Å². The summed E-state index contributed by atoms with van der Waals surface area (Å²) in [6.45, 7) is 0.898. The lowest BCUT2D eigenvalue weighted by Crippen LogP contribution is -2.19. The molecule has 0 amide bonds. The molecule has 4 aromatic rings. The topological polar surface area (TPSA) is 65.2 Å². The molecule has 1 aromatic heterocycles. The second kappa shape index (κ2) is 8.50. The molecule has 0 saturated carbocycles. The van der Waals surface area contributed by atoms with Gasteiger partial charge in [0.1, 0.15) is 0 Å². The summed E-state index contributed by atoms with van der Waals surface area (Å²) in [7, 11) is 0.574. The summed E-state index contributed by atoms with van der Waals surface area (Å²) in [4.78, 5) is 5.38. The lowest BCUT2D eigenvalue weighted by molar-refractivity contribution is 0.414. The lowest BCUT2D eigenvalue weighted by atomic mass is 10.0. The molecule has 156 valence electrons. The van der Waals surface area contributed by atoms with Crippen LogP contribution in [0.2, 0.25) is 0 Å². The predicted octanol–water partition coefficient (Wildman–Crippen LogP) is 4.41. The van der Waals surface area contributed by atoms with E-state index in [2.05, 4.69) is 14.6 Å². The first-order valence-electron chi connectivity index (χ1n) is 10.1. The zero-order valence-corrected chi connectivity index (χ0v) is 18.2. The largest absolute Gasteiger partial charge is 0.361 e. The van der Waals surface area contributed by atoms with Crippen LogP contribution < -0.4 is 4.72 Å². The van der Waals surface area contributed by atoms with Crippen molar-refractivity contribution in [3.8, 4) is 0 Å². The molecule has 0 fully saturated rings. The van der Waals surface area contributed by atoms with Gasteiger partial charge in [0.15, 0.2) is 0 Å². The fourth-order valence-electron chi connectivity index (χ4n) is 3.86. The number of anilines is 1. The van der Waals surface area contributed by atoms with Crippen LogP contribution in [0, 0.1) is 0 Å². The Morgan fingerprint density at radius 3 is 2.50 bits per heavy atom. The highest BCUT2D eigenvalue weighted by Gasteiger charge is 2.16. The molecule has 4 rings (SSSR count). The van der Waals surface area contributed by atoms with E-state index >= 15 is 0 Å². The Hall–Kier alpha value is -2.83. The number of hydrogen-bond acceptors (Lipinski definition) is 3. The summed E-state index contributed by atoms with van der Waals surface area (Å²) in [5.74, 6) is 0.0366. The van der Waals surface area contributed by atoms with Crippen molar-refractivity contribution in [1.82, 2.24) is 9.88 Å². The average molecular weight is 422 g/mol. The van der Waals surface area contributed by atoms with Crippen LogP contribution in [-0.4, -0.2) is 44.7 Å². The van der Waals surface area contributed by atoms with E-state index in [4.69, 9.17) is 0 Å². The first kappa shape index (κ1) is 20.4. The monoisotopic (exact) mass is 421 g/mol. The first-order valence-corrected chi connectivity index (χ1v) is 11.8. The number of aromatic amines is 1. The fraction of sp³-hybridized carbons (Fsp3) is 0.250. The smallest absolute Gasteiger partial charge is 0.233 e. The third-order valence-electron chi connectivity index (χ3n) is 5.40. The van der Waals surface area contributed by atoms with Gasteiger partial charge in [-0.15, -0.1) is 0 Å². The normalized spacial score (nSPS) is 12.1. The Bertz CT molecular complexity index is 1270. The van der Waals surface area contributed by atoms with Gasteiger partial charge >= 0.3 is 0 Å². The van der Waals surface area contributed by atoms with Gasteiger partial charge in [0.2, 0.25) is 10.0 Å². The SMILES string of the molecule is CN(C)CCc1c[nH]c2cccc(NS(=O)(=O)CCc3cccc4ccccc34)c12. The van der Waals surface area contributed by atoms with Crippen LogP contribution in [0.25, 0.3) is 21.7 Å². The van der Waals surface area contributed by atoms with Crippen molar-refractivity contribution in [3.05, 3.63) is 78.0 Å². The minimum atomic E-state index is -3.49. The van der Waals surface area contributed by atoms with Crippen molar-refractivity contribution in [1.29, 1.82) is 0 Å². The van der Waals surface area contributed by atoms with Gasteiger partial charge in [-0.2, -0.15) is 0 Å². The van der Waals surface area contributed by atoms with E-state index in [0.29, 0.717) is 12.1 Å². The van der Waals surface area contributed by atoms with E-state index in [-0.39, 0.29) is 5.75 Å². The van der Waals surface area contributed by atoms with E-state index < -0.39 is 10.0 Å². The number of rotatable bonds is 8. The van der Waals surface area contributed by atoms with Crippen molar-refractivity contribution in [2.24, 2.45) is 0 Å². The Labute approximate surface area is 177 Å². The van der Waals surface area contributed by atoms with Gasteiger partial charge < -0.3 is 9.88 Å². The Morgan fingerprint density at radius 2 is 1.67 bits per heavy atom. The molecule has 2 N–H and O–H groups in total. The van der Waals surface area contributed by atoms with Crippen LogP contribution in [0.4, 0.5) is 5.69 Å². The van der Waals surface area contributed by atoms with Gasteiger partial charge in [0.25, 0.3) is 0 Å². The van der Waals surface area contributed by atoms with Crippen molar-refractivity contribution in [3.63, 3.8) is 0 Å². The summed E-state index contributed by atoms with van der Waals surface area (Å²) in [5, 5.41) is 3.19. The second-order valence-electron chi connectivity index (χ2n) is 7.90. The summed E-state index contributed by atoms with van der Waals surface area (Å²) in [6, 6.07) is 19.8. The number of nitrogens with one attached hydrogen (secondary N) is 2. The number of hydrogen-bond donors (Lipinski definition) is 2. The number of sulfonamides is 1. The standard InChI is InChI=1S/C24H27N3O2S/c1-27(2)15-13-20-17-25-22-11-6-12-23(24(20)22)26-30(28,29)16-14-19-9-5-8-18-7-3-4-10-21(18)19/h3-12,17,25-26H,13-16H2,1-2H3. The molecule has 0 unspecified atom stereocenters. The summed E-state index contributed by atoms with van der Waals surface area (Å²) in [6.07, 6.45) is 3.29. The zero-order valence-electron chi connectivity index (χ0n) is 17.4. The van der Waals surface area contributed by atoms with Gasteiger partial charge in [-0.25, -0.2) is 8.42 Å². The van der Waals surface area contributed by atoms with Gasteiger partial charge in [-0.3, -0.25) is 4.72 Å². The minimum absolute atomic E-state index is 0.0366. The molecule has 0 aliphatic rings. The summed E-state index contributed by atoms with van der Waals surface area (Å²) < 4.78 is 28.7. The highest BCUT2D eigenvalue weighted by Crippen LogP contribution is 2.28. The number of H-pyrrole nitrogens is 1.